The monoisotopic (exact) mass is 1340 g/mol. The number of aromatic nitrogens is 13. The van der Waals surface area contributed by atoms with Crippen molar-refractivity contribution < 1.29 is 0 Å². The molecule has 0 saturated heterocycles. The molecule has 13 nitrogen and oxygen atoms in total. The van der Waals surface area contributed by atoms with Crippen molar-refractivity contribution in [2.75, 3.05) is 0 Å². The Labute approximate surface area is 604 Å². The van der Waals surface area contributed by atoms with Gasteiger partial charge in [0.05, 0.1) is 17.0 Å². The van der Waals surface area contributed by atoms with Crippen molar-refractivity contribution >= 4 is 21.5 Å². The average Bonchev–Trinajstić information content (AvgIpc) is 0.742. The molecule has 0 amide bonds. The van der Waals surface area contributed by atoms with Crippen LogP contribution in [0.1, 0.15) is 33.4 Å². The van der Waals surface area contributed by atoms with Crippen LogP contribution in [0.5, 0.6) is 0 Å². The lowest BCUT2D eigenvalue weighted by Gasteiger charge is -2.13. The van der Waals surface area contributed by atoms with Crippen LogP contribution >= 0.6 is 0 Å². The molecule has 0 unspecified atom stereocenters. The molecule has 6 heterocycles. The van der Waals surface area contributed by atoms with E-state index in [0.29, 0.717) is 58.2 Å². The van der Waals surface area contributed by atoms with Crippen LogP contribution in [0.2, 0.25) is 0 Å². The van der Waals surface area contributed by atoms with Crippen molar-refractivity contribution in [3.05, 3.63) is 343 Å². The van der Waals surface area contributed by atoms with Crippen LogP contribution in [0, 0.1) is 41.5 Å². The summed E-state index contributed by atoms with van der Waals surface area (Å²) in [4.78, 5) is 62.2. The van der Waals surface area contributed by atoms with Gasteiger partial charge in [-0.1, -0.05) is 283 Å². The van der Waals surface area contributed by atoms with Crippen LogP contribution in [-0.4, -0.2) is 64.8 Å². The van der Waals surface area contributed by atoms with Gasteiger partial charge in [0.15, 0.2) is 58.2 Å². The molecule has 13 heteroatoms. The topological polar surface area (TPSA) is 168 Å². The lowest BCUT2D eigenvalue weighted by Crippen LogP contribution is -2.01. The lowest BCUT2D eigenvalue weighted by atomic mass is 9.99. The van der Waals surface area contributed by atoms with Crippen LogP contribution in [0.15, 0.2) is 310 Å². The zero-order valence-corrected chi connectivity index (χ0v) is 58.3. The molecule has 6 aromatic heterocycles. The van der Waals surface area contributed by atoms with Gasteiger partial charge in [0.25, 0.3) is 0 Å². The van der Waals surface area contributed by atoms with Crippen LogP contribution in [0.4, 0.5) is 0 Å². The maximum Gasteiger partial charge on any atom is 0.167 e. The third-order valence-electron chi connectivity index (χ3n) is 18.0. The second-order valence-corrected chi connectivity index (χ2v) is 25.6. The van der Waals surface area contributed by atoms with E-state index in [9.17, 15) is 0 Å². The van der Waals surface area contributed by atoms with E-state index in [2.05, 4.69) is 202 Å². The number of hydrogen-bond acceptors (Lipinski definition) is 13. The Bertz CT molecular complexity index is 5400. The zero-order valence-electron chi connectivity index (χ0n) is 58.3. The van der Waals surface area contributed by atoms with E-state index in [-0.39, 0.29) is 0 Å². The minimum absolute atomic E-state index is 0.547. The first kappa shape index (κ1) is 66.2. The van der Waals surface area contributed by atoms with Gasteiger partial charge in [-0.3, -0.25) is 9.97 Å². The maximum absolute atomic E-state index is 5.08. The summed E-state index contributed by atoms with van der Waals surface area (Å²) >= 11 is 0. The number of rotatable bonds is 12. The van der Waals surface area contributed by atoms with Crippen molar-refractivity contribution in [3.8, 4) is 136 Å². The lowest BCUT2D eigenvalue weighted by molar-refractivity contribution is 1.06. The van der Waals surface area contributed by atoms with Gasteiger partial charge in [-0.2, -0.15) is 0 Å². The standard InChI is InChI=1S/C36H26N4.C28H22N4.C27H21N5/c1-23-16-19-31(29-14-8-6-12-27(23)29)35-38-34(26-18-21-33(37-22-26)25-10-4-3-5-11-25)39-36(40-35)32-20-17-24(2)28-13-7-9-15-30(28)32;1-19-8-12-22(13-9-19)26-30-27(23-14-10-20(2)11-15-23)32-28(31-26)24-16-17-25(29-18-24)21-6-4-3-5-7-21;1-18-8-12-21(13-9-18)25-30-26(22-14-10-19(2)11-15-22)32-27(31-25)23-16-28-24(29-17-23)20-6-4-3-5-7-20/h3-22H,1-2H3;3-18H,1-2H3;3-17H,1-2H3. The summed E-state index contributed by atoms with van der Waals surface area (Å²) in [5.41, 5.74) is 20.4. The molecular formula is C91H69N13. The molecule has 0 saturated carbocycles. The third-order valence-corrected chi connectivity index (χ3v) is 18.0. The highest BCUT2D eigenvalue weighted by molar-refractivity contribution is 5.99. The average molecular weight is 1340 g/mol. The molecule has 104 heavy (non-hydrogen) atoms. The van der Waals surface area contributed by atoms with Gasteiger partial charge in [0.1, 0.15) is 0 Å². The Morgan fingerprint density at radius 3 is 0.740 bits per heavy atom. The summed E-state index contributed by atoms with van der Waals surface area (Å²) < 4.78 is 0. The molecule has 0 fully saturated rings. The summed E-state index contributed by atoms with van der Waals surface area (Å²) in [5.74, 6) is 6.26. The van der Waals surface area contributed by atoms with E-state index in [1.807, 2.05) is 152 Å². The van der Waals surface area contributed by atoms with Crippen molar-refractivity contribution in [3.63, 3.8) is 0 Å². The van der Waals surface area contributed by atoms with Gasteiger partial charge in [0.2, 0.25) is 0 Å². The fourth-order valence-corrected chi connectivity index (χ4v) is 12.2. The van der Waals surface area contributed by atoms with Gasteiger partial charge < -0.3 is 0 Å². The van der Waals surface area contributed by atoms with E-state index in [1.54, 1.807) is 12.4 Å². The second-order valence-electron chi connectivity index (χ2n) is 25.6. The van der Waals surface area contributed by atoms with E-state index in [1.165, 1.54) is 44.2 Å². The number of nitrogens with zero attached hydrogens (tertiary/aromatic N) is 13. The van der Waals surface area contributed by atoms with Crippen molar-refractivity contribution in [1.29, 1.82) is 0 Å². The molecule has 498 valence electrons. The fourth-order valence-electron chi connectivity index (χ4n) is 12.2. The van der Waals surface area contributed by atoms with Crippen LogP contribution in [-0.2, 0) is 0 Å². The Kier molecular flexibility index (Phi) is 19.1. The highest BCUT2D eigenvalue weighted by atomic mass is 15.1. The van der Waals surface area contributed by atoms with Crippen LogP contribution in [0.3, 0.4) is 0 Å². The number of pyridine rings is 2. The molecule has 0 aliphatic heterocycles. The number of fused-ring (bicyclic) bond motifs is 2. The molecule has 0 N–H and O–H groups in total. The first-order chi connectivity index (χ1) is 51.0. The largest absolute Gasteiger partial charge is 0.255 e. The molecule has 17 aromatic rings. The maximum atomic E-state index is 5.08. The number of aryl methyl sites for hydroxylation is 6. The first-order valence-electron chi connectivity index (χ1n) is 34.4. The van der Waals surface area contributed by atoms with Crippen molar-refractivity contribution in [2.24, 2.45) is 0 Å². The summed E-state index contributed by atoms with van der Waals surface area (Å²) in [6.07, 6.45) is 7.21. The predicted octanol–water partition coefficient (Wildman–Crippen LogP) is 21.4. The highest BCUT2D eigenvalue weighted by Crippen LogP contribution is 2.36. The van der Waals surface area contributed by atoms with Crippen LogP contribution in [0.25, 0.3) is 158 Å². The zero-order chi connectivity index (χ0) is 70.9. The molecule has 11 aromatic carbocycles. The minimum Gasteiger partial charge on any atom is -0.255 e. The van der Waals surface area contributed by atoms with E-state index >= 15 is 0 Å². The molecule has 0 spiro atoms. The van der Waals surface area contributed by atoms with Crippen molar-refractivity contribution in [1.82, 2.24) is 64.8 Å². The Hall–Kier alpha value is -13.7. The Morgan fingerprint density at radius 2 is 0.413 bits per heavy atom. The Balaban J connectivity index is 0.000000127. The second kappa shape index (κ2) is 30.0. The molecule has 0 aliphatic carbocycles. The number of benzene rings is 11. The smallest absolute Gasteiger partial charge is 0.167 e. The SMILES string of the molecule is Cc1ccc(-c2nc(-c3ccc(-c4ccccc4)nc3)nc(-c3ccc(C)c4ccccc34)n2)c2ccccc12.Cc1ccc(-c2nc(-c3ccc(C)cc3)nc(-c3ccc(-c4ccccc4)nc3)n2)cc1.Cc1ccc(-c2nc(-c3ccc(C)cc3)nc(-c3cnc(-c4ccccc4)nc3)n2)cc1. The molecular weight excluding hydrogens is 1280 g/mol. The van der Waals surface area contributed by atoms with Gasteiger partial charge in [0, 0.05) is 86.0 Å². The molecule has 0 bridgehead atoms. The number of hydrogen-bond donors (Lipinski definition) is 0. The minimum atomic E-state index is 0.547. The highest BCUT2D eigenvalue weighted by Gasteiger charge is 2.20. The summed E-state index contributed by atoms with van der Waals surface area (Å²) in [5, 5.41) is 4.63. The van der Waals surface area contributed by atoms with E-state index in [0.717, 1.165) is 88.9 Å². The van der Waals surface area contributed by atoms with E-state index in [4.69, 9.17) is 49.8 Å². The normalized spacial score (nSPS) is 11.0. The molecule has 0 atom stereocenters. The predicted molar refractivity (Wildman–Crippen MR) is 419 cm³/mol. The van der Waals surface area contributed by atoms with E-state index < -0.39 is 0 Å². The Morgan fingerprint density at radius 1 is 0.163 bits per heavy atom. The summed E-state index contributed by atoms with van der Waals surface area (Å²) in [6.45, 7) is 12.5. The summed E-state index contributed by atoms with van der Waals surface area (Å²) in [7, 11) is 0. The van der Waals surface area contributed by atoms with Crippen LogP contribution < -0.4 is 0 Å². The van der Waals surface area contributed by atoms with Gasteiger partial charge >= 0.3 is 0 Å². The van der Waals surface area contributed by atoms with Gasteiger partial charge in [-0.15, -0.1) is 0 Å². The quantitative estimate of drug-likeness (QED) is 0.113. The molecule has 0 aliphatic rings. The fraction of sp³-hybridized carbons (Fsp3) is 0.0659. The van der Waals surface area contributed by atoms with Crippen molar-refractivity contribution in [2.45, 2.75) is 41.5 Å². The van der Waals surface area contributed by atoms with Gasteiger partial charge in [-0.05, 0) is 98.5 Å². The third kappa shape index (κ3) is 14.9. The molecule has 17 rings (SSSR count). The first-order valence-corrected chi connectivity index (χ1v) is 34.4. The molecule has 0 radical (unpaired) electrons. The van der Waals surface area contributed by atoms with Gasteiger partial charge in [-0.25, -0.2) is 54.8 Å². The summed E-state index contributed by atoms with van der Waals surface area (Å²) in [6, 6.07) is 96.5.